The molecule has 1 saturated heterocycles. The molecule has 2 heterocycles. The second kappa shape index (κ2) is 5.64. The predicted molar refractivity (Wildman–Crippen MR) is 71.2 cm³/mol. The van der Waals surface area contributed by atoms with Crippen LogP contribution in [0.15, 0.2) is 18.2 Å². The highest BCUT2D eigenvalue weighted by Crippen LogP contribution is 2.21. The highest BCUT2D eigenvalue weighted by atomic mass is 16.5. The quantitative estimate of drug-likeness (QED) is 0.466. The largest absolute Gasteiger partial charge is 0.378 e. The van der Waals surface area contributed by atoms with E-state index >= 15 is 0 Å². The molecule has 0 spiro atoms. The summed E-state index contributed by atoms with van der Waals surface area (Å²) in [4.78, 5) is 18.1. The van der Waals surface area contributed by atoms with Crippen LogP contribution in [-0.4, -0.2) is 41.1 Å². The van der Waals surface area contributed by atoms with E-state index in [9.17, 15) is 4.79 Å². The van der Waals surface area contributed by atoms with Gasteiger partial charge in [-0.1, -0.05) is 6.07 Å². The molecular weight excluding hydrogens is 244 g/mol. The number of aromatic nitrogens is 1. The van der Waals surface area contributed by atoms with Crippen LogP contribution in [0.25, 0.3) is 0 Å². The van der Waals surface area contributed by atoms with E-state index in [1.807, 2.05) is 12.1 Å². The molecule has 3 N–H and O–H groups in total. The topological polar surface area (TPSA) is 80.5 Å². The first-order chi connectivity index (χ1) is 9.03. The van der Waals surface area contributed by atoms with Crippen LogP contribution < -0.4 is 11.3 Å². The lowest BCUT2D eigenvalue weighted by Crippen LogP contribution is -2.52. The minimum absolute atomic E-state index is 0.0218. The molecule has 0 unspecified atom stereocenters. The predicted octanol–water partition coefficient (Wildman–Crippen LogP) is 0.296. The smallest absolute Gasteiger partial charge is 0.283 e. The maximum absolute atomic E-state index is 11.5. The second-order valence-corrected chi connectivity index (χ2v) is 5.27. The lowest BCUT2D eigenvalue weighted by Gasteiger charge is -2.41. The average Bonchev–Trinajstić information content (AvgIpc) is 2.40. The van der Waals surface area contributed by atoms with Crippen molar-refractivity contribution in [3.63, 3.8) is 0 Å². The third-order valence-corrected chi connectivity index (χ3v) is 3.34. The van der Waals surface area contributed by atoms with Crippen LogP contribution in [0.1, 0.15) is 30.0 Å². The van der Waals surface area contributed by atoms with Crippen molar-refractivity contribution >= 4 is 5.91 Å². The van der Waals surface area contributed by atoms with Crippen molar-refractivity contribution in [1.29, 1.82) is 0 Å². The zero-order chi connectivity index (χ0) is 13.9. The molecule has 104 valence electrons. The summed E-state index contributed by atoms with van der Waals surface area (Å²) in [6.07, 6.45) is 0. The first kappa shape index (κ1) is 13.9. The Labute approximate surface area is 112 Å². The standard InChI is InChI=1S/C13H20N4O2/c1-13(2)9-19-7-6-17(13)8-10-4-3-5-11(15-10)12(18)16-14/h3-5H,6-9,14H2,1-2H3,(H,16,18). The van der Waals surface area contributed by atoms with Crippen molar-refractivity contribution in [2.24, 2.45) is 5.84 Å². The molecule has 0 radical (unpaired) electrons. The summed E-state index contributed by atoms with van der Waals surface area (Å²) in [6.45, 7) is 7.28. The van der Waals surface area contributed by atoms with Gasteiger partial charge in [0.25, 0.3) is 5.91 Å². The number of amides is 1. The first-order valence-corrected chi connectivity index (χ1v) is 6.32. The number of hydrogen-bond acceptors (Lipinski definition) is 5. The zero-order valence-electron chi connectivity index (χ0n) is 11.3. The number of rotatable bonds is 3. The Hall–Kier alpha value is -1.50. The number of hydrogen-bond donors (Lipinski definition) is 2. The molecule has 1 fully saturated rings. The summed E-state index contributed by atoms with van der Waals surface area (Å²) in [5, 5.41) is 0. The van der Waals surface area contributed by atoms with Gasteiger partial charge in [0.05, 0.1) is 18.9 Å². The number of morpholine rings is 1. The van der Waals surface area contributed by atoms with Crippen molar-refractivity contribution in [2.75, 3.05) is 19.8 Å². The number of nitrogen functional groups attached to an aromatic ring is 1. The maximum Gasteiger partial charge on any atom is 0.283 e. The molecule has 19 heavy (non-hydrogen) atoms. The molecule has 6 heteroatoms. The number of nitrogens with one attached hydrogen (secondary N) is 1. The van der Waals surface area contributed by atoms with E-state index in [2.05, 4.69) is 29.2 Å². The molecule has 1 amide bonds. The van der Waals surface area contributed by atoms with E-state index in [4.69, 9.17) is 10.6 Å². The highest BCUT2D eigenvalue weighted by Gasteiger charge is 2.30. The Balaban J connectivity index is 2.12. The Bertz CT molecular complexity index is 462. The molecular formula is C13H20N4O2. The van der Waals surface area contributed by atoms with E-state index < -0.39 is 0 Å². The van der Waals surface area contributed by atoms with Crippen LogP contribution in [0.2, 0.25) is 0 Å². The van der Waals surface area contributed by atoms with Gasteiger partial charge in [0.15, 0.2) is 0 Å². The first-order valence-electron chi connectivity index (χ1n) is 6.32. The molecule has 6 nitrogen and oxygen atoms in total. The molecule has 1 aliphatic rings. The van der Waals surface area contributed by atoms with Crippen molar-refractivity contribution in [1.82, 2.24) is 15.3 Å². The SMILES string of the molecule is CC1(C)COCCN1Cc1cccc(C(=O)NN)n1. The van der Waals surface area contributed by atoms with E-state index in [1.54, 1.807) is 6.07 Å². The van der Waals surface area contributed by atoms with Gasteiger partial charge in [-0.05, 0) is 26.0 Å². The van der Waals surface area contributed by atoms with Gasteiger partial charge in [0.1, 0.15) is 5.69 Å². The fraction of sp³-hybridized carbons (Fsp3) is 0.538. The van der Waals surface area contributed by atoms with Crippen molar-refractivity contribution in [2.45, 2.75) is 25.9 Å². The zero-order valence-corrected chi connectivity index (χ0v) is 11.3. The van der Waals surface area contributed by atoms with Gasteiger partial charge < -0.3 is 4.74 Å². The molecule has 0 atom stereocenters. The van der Waals surface area contributed by atoms with Crippen LogP contribution >= 0.6 is 0 Å². The monoisotopic (exact) mass is 264 g/mol. The molecule has 0 aromatic carbocycles. The Morgan fingerprint density at radius 2 is 2.37 bits per heavy atom. The summed E-state index contributed by atoms with van der Waals surface area (Å²) in [5.41, 5.74) is 3.27. The fourth-order valence-corrected chi connectivity index (χ4v) is 2.15. The normalized spacial score (nSPS) is 19.1. The van der Waals surface area contributed by atoms with Gasteiger partial charge >= 0.3 is 0 Å². The highest BCUT2D eigenvalue weighted by molar-refractivity contribution is 5.91. The second-order valence-electron chi connectivity index (χ2n) is 5.27. The third-order valence-electron chi connectivity index (χ3n) is 3.34. The number of pyridine rings is 1. The summed E-state index contributed by atoms with van der Waals surface area (Å²) in [5.74, 6) is 4.74. The van der Waals surface area contributed by atoms with Crippen molar-refractivity contribution in [3.05, 3.63) is 29.6 Å². The Morgan fingerprint density at radius 3 is 3.05 bits per heavy atom. The third kappa shape index (κ3) is 3.28. The molecule has 0 saturated carbocycles. The van der Waals surface area contributed by atoms with E-state index in [0.29, 0.717) is 18.8 Å². The van der Waals surface area contributed by atoms with Crippen LogP contribution in [0.5, 0.6) is 0 Å². The number of carbonyl (C=O) groups excluding carboxylic acids is 1. The van der Waals surface area contributed by atoms with Gasteiger partial charge in [-0.15, -0.1) is 0 Å². The number of ether oxygens (including phenoxy) is 1. The molecule has 0 aliphatic carbocycles. The van der Waals surface area contributed by atoms with Crippen molar-refractivity contribution < 1.29 is 9.53 Å². The maximum atomic E-state index is 11.5. The molecule has 1 aliphatic heterocycles. The van der Waals surface area contributed by atoms with Gasteiger partial charge in [-0.2, -0.15) is 0 Å². The van der Waals surface area contributed by atoms with E-state index in [-0.39, 0.29) is 11.4 Å². The number of hydrazine groups is 1. The van der Waals surface area contributed by atoms with Crippen LogP contribution in [0.4, 0.5) is 0 Å². The summed E-state index contributed by atoms with van der Waals surface area (Å²) >= 11 is 0. The Morgan fingerprint density at radius 1 is 1.58 bits per heavy atom. The van der Waals surface area contributed by atoms with E-state index in [1.165, 1.54) is 0 Å². The van der Waals surface area contributed by atoms with Crippen LogP contribution in [0.3, 0.4) is 0 Å². The number of nitrogens with two attached hydrogens (primary N) is 1. The summed E-state index contributed by atoms with van der Waals surface area (Å²) < 4.78 is 5.49. The molecule has 1 aromatic rings. The summed E-state index contributed by atoms with van der Waals surface area (Å²) in [7, 11) is 0. The minimum atomic E-state index is -0.372. The van der Waals surface area contributed by atoms with Crippen molar-refractivity contribution in [3.8, 4) is 0 Å². The minimum Gasteiger partial charge on any atom is -0.378 e. The molecule has 2 rings (SSSR count). The molecule has 0 bridgehead atoms. The van der Waals surface area contributed by atoms with Gasteiger partial charge in [-0.25, -0.2) is 10.8 Å². The van der Waals surface area contributed by atoms with E-state index in [0.717, 1.165) is 18.8 Å². The lowest BCUT2D eigenvalue weighted by molar-refractivity contribution is -0.0558. The number of carbonyl (C=O) groups is 1. The van der Waals surface area contributed by atoms with Gasteiger partial charge in [0.2, 0.25) is 0 Å². The average molecular weight is 264 g/mol. The fourth-order valence-electron chi connectivity index (χ4n) is 2.15. The summed E-state index contributed by atoms with van der Waals surface area (Å²) in [6, 6.07) is 5.38. The number of nitrogens with zero attached hydrogens (tertiary/aromatic N) is 2. The van der Waals surface area contributed by atoms with Gasteiger partial charge in [0, 0.05) is 18.6 Å². The van der Waals surface area contributed by atoms with Crippen LogP contribution in [0, 0.1) is 0 Å². The van der Waals surface area contributed by atoms with Gasteiger partial charge in [-0.3, -0.25) is 15.1 Å². The van der Waals surface area contributed by atoms with Crippen LogP contribution in [-0.2, 0) is 11.3 Å². The lowest BCUT2D eigenvalue weighted by atomic mass is 10.0. The molecule has 1 aromatic heterocycles. The Kier molecular flexibility index (Phi) is 4.14.